The van der Waals surface area contributed by atoms with Gasteiger partial charge in [-0.1, -0.05) is 17.7 Å². The van der Waals surface area contributed by atoms with E-state index >= 15 is 0 Å². The lowest BCUT2D eigenvalue weighted by Crippen LogP contribution is -2.50. The molecule has 1 rings (SSSR count). The number of hydrogen-bond donors (Lipinski definition) is 3. The third-order valence-electron chi connectivity index (χ3n) is 2.60. The molecule has 0 amide bonds. The Morgan fingerprint density at radius 1 is 1.42 bits per heavy atom. The number of anilines is 1. The lowest BCUT2D eigenvalue weighted by molar-refractivity contribution is -0.264. The van der Waals surface area contributed by atoms with E-state index in [0.717, 1.165) is 6.07 Å². The molecule has 0 heterocycles. The summed E-state index contributed by atoms with van der Waals surface area (Å²) in [5.74, 6) is 0. The molecule has 0 aliphatic carbocycles. The number of alkyl halides is 3. The van der Waals surface area contributed by atoms with Crippen LogP contribution in [0.5, 0.6) is 0 Å². The first-order valence-corrected chi connectivity index (χ1v) is 5.76. The van der Waals surface area contributed by atoms with E-state index in [1.54, 1.807) is 0 Å². The van der Waals surface area contributed by atoms with Crippen molar-refractivity contribution in [3.05, 3.63) is 41.4 Å². The van der Waals surface area contributed by atoms with Gasteiger partial charge in [0, 0.05) is 29.4 Å². The summed E-state index contributed by atoms with van der Waals surface area (Å²) in [6.45, 7) is 2.76. The maximum absolute atomic E-state index is 13.1. The van der Waals surface area contributed by atoms with Crippen molar-refractivity contribution in [3.8, 4) is 0 Å². The molecule has 0 radical (unpaired) electrons. The van der Waals surface area contributed by atoms with E-state index < -0.39 is 23.9 Å². The third kappa shape index (κ3) is 3.40. The zero-order valence-electron chi connectivity index (χ0n) is 9.97. The normalized spacial score (nSPS) is 15.0. The Morgan fingerprint density at radius 2 is 2.05 bits per heavy atom. The minimum absolute atomic E-state index is 0.0654. The fraction of sp³-hybridized carbons (Fsp3) is 0.333. The summed E-state index contributed by atoms with van der Waals surface area (Å²) >= 11 is 5.66. The van der Waals surface area contributed by atoms with Crippen LogP contribution in [0, 0.1) is 0 Å². The second-order valence-corrected chi connectivity index (χ2v) is 4.45. The first-order chi connectivity index (χ1) is 8.72. The smallest absolute Gasteiger partial charge is 0.398 e. The Bertz CT molecular complexity index is 465. The van der Waals surface area contributed by atoms with Gasteiger partial charge < -0.3 is 16.2 Å². The highest BCUT2D eigenvalue weighted by molar-refractivity contribution is 6.30. The zero-order chi connectivity index (χ0) is 14.7. The second kappa shape index (κ2) is 5.81. The molecule has 0 aliphatic rings. The predicted octanol–water partition coefficient (Wildman–Crippen LogP) is 2.45. The van der Waals surface area contributed by atoms with Crippen molar-refractivity contribution < 1.29 is 18.3 Å². The van der Waals surface area contributed by atoms with Crippen LogP contribution in [0.15, 0.2) is 30.9 Å². The van der Waals surface area contributed by atoms with Gasteiger partial charge in [-0.2, -0.15) is 13.2 Å². The minimum Gasteiger partial charge on any atom is -0.398 e. The Hall–Kier alpha value is -1.24. The molecule has 106 valence electrons. The molecule has 0 saturated carbocycles. The first kappa shape index (κ1) is 15.8. The Kier molecular flexibility index (Phi) is 4.84. The van der Waals surface area contributed by atoms with E-state index in [2.05, 4.69) is 11.9 Å². The molecule has 1 aromatic carbocycles. The molecule has 3 nitrogen and oxygen atoms in total. The third-order valence-corrected chi connectivity index (χ3v) is 2.83. The maximum atomic E-state index is 13.1. The molecule has 19 heavy (non-hydrogen) atoms. The Balaban J connectivity index is 3.23. The summed E-state index contributed by atoms with van der Waals surface area (Å²) in [7, 11) is 0. The second-order valence-electron chi connectivity index (χ2n) is 4.01. The highest BCUT2D eigenvalue weighted by Gasteiger charge is 2.55. The van der Waals surface area contributed by atoms with Gasteiger partial charge in [0.2, 0.25) is 0 Å². The number of nitrogens with two attached hydrogens (primary N) is 1. The fourth-order valence-corrected chi connectivity index (χ4v) is 1.76. The summed E-state index contributed by atoms with van der Waals surface area (Å²) in [6.07, 6.45) is -3.50. The number of hydrogen-bond acceptors (Lipinski definition) is 3. The summed E-state index contributed by atoms with van der Waals surface area (Å²) in [5, 5.41) is 12.5. The van der Waals surface area contributed by atoms with E-state index in [9.17, 15) is 18.3 Å². The Morgan fingerprint density at radius 3 is 2.58 bits per heavy atom. The lowest BCUT2D eigenvalue weighted by Gasteiger charge is -2.32. The molecular weight excluding hydrogens is 281 g/mol. The van der Waals surface area contributed by atoms with Crippen molar-refractivity contribution in [1.82, 2.24) is 5.32 Å². The van der Waals surface area contributed by atoms with Gasteiger partial charge >= 0.3 is 6.18 Å². The van der Waals surface area contributed by atoms with Crippen molar-refractivity contribution in [3.63, 3.8) is 0 Å². The van der Waals surface area contributed by atoms with Crippen LogP contribution in [0.1, 0.15) is 5.56 Å². The van der Waals surface area contributed by atoms with Gasteiger partial charge in [-0.15, -0.1) is 6.58 Å². The van der Waals surface area contributed by atoms with E-state index in [0.29, 0.717) is 0 Å². The number of aliphatic hydroxyl groups is 1. The largest absolute Gasteiger partial charge is 0.422 e. The van der Waals surface area contributed by atoms with Crippen LogP contribution in [0.25, 0.3) is 0 Å². The molecule has 0 saturated heterocycles. The van der Waals surface area contributed by atoms with E-state index in [1.165, 1.54) is 18.2 Å². The summed E-state index contributed by atoms with van der Waals surface area (Å²) in [5.41, 5.74) is 1.76. The van der Waals surface area contributed by atoms with Crippen molar-refractivity contribution in [2.24, 2.45) is 0 Å². The summed E-state index contributed by atoms with van der Waals surface area (Å²) in [4.78, 5) is 0. The topological polar surface area (TPSA) is 58.3 Å². The van der Waals surface area contributed by atoms with Gasteiger partial charge in [0.25, 0.3) is 0 Å². The van der Waals surface area contributed by atoms with E-state index in [4.69, 9.17) is 17.3 Å². The van der Waals surface area contributed by atoms with Crippen LogP contribution >= 0.6 is 11.6 Å². The molecule has 4 N–H and O–H groups in total. The van der Waals surface area contributed by atoms with Crippen molar-refractivity contribution in [1.29, 1.82) is 0 Å². The standard InChI is InChI=1S/C12H14ClF3N2O/c1-2-5-18-7-11(19,12(14,15)16)9-6-8(13)3-4-10(9)17/h2-4,6,18-19H,1,5,7,17H2. The van der Waals surface area contributed by atoms with E-state index in [1.807, 2.05) is 0 Å². The van der Waals surface area contributed by atoms with Gasteiger partial charge in [0.1, 0.15) is 0 Å². The number of nitrogen functional groups attached to an aromatic ring is 1. The fourth-order valence-electron chi connectivity index (χ4n) is 1.59. The molecule has 0 fully saturated rings. The highest BCUT2D eigenvalue weighted by Crippen LogP contribution is 2.41. The molecule has 0 aliphatic heterocycles. The minimum atomic E-state index is -4.89. The lowest BCUT2D eigenvalue weighted by atomic mass is 9.91. The molecule has 1 unspecified atom stereocenters. The average Bonchev–Trinajstić information content (AvgIpc) is 2.31. The van der Waals surface area contributed by atoms with Crippen LogP contribution in [0.2, 0.25) is 5.02 Å². The predicted molar refractivity (Wildman–Crippen MR) is 68.9 cm³/mol. The SMILES string of the molecule is C=CCNCC(O)(c1cc(Cl)ccc1N)C(F)(F)F. The quantitative estimate of drug-likeness (QED) is 0.444. The molecule has 0 bridgehead atoms. The Labute approximate surface area is 113 Å². The number of nitrogens with one attached hydrogen (secondary N) is 1. The summed E-state index contributed by atoms with van der Waals surface area (Å²) in [6, 6.07) is 3.59. The van der Waals surface area contributed by atoms with Crippen LogP contribution < -0.4 is 11.1 Å². The van der Waals surface area contributed by atoms with E-state index in [-0.39, 0.29) is 17.3 Å². The monoisotopic (exact) mass is 294 g/mol. The first-order valence-electron chi connectivity index (χ1n) is 5.38. The average molecular weight is 295 g/mol. The van der Waals surface area contributed by atoms with Crippen molar-refractivity contribution in [2.75, 3.05) is 18.8 Å². The number of halogens is 4. The van der Waals surface area contributed by atoms with Crippen LogP contribution in [0.3, 0.4) is 0 Å². The van der Waals surface area contributed by atoms with Crippen molar-refractivity contribution in [2.45, 2.75) is 11.8 Å². The molecule has 1 atom stereocenters. The van der Waals surface area contributed by atoms with Gasteiger partial charge in [-0.05, 0) is 18.2 Å². The molecule has 0 aromatic heterocycles. The highest BCUT2D eigenvalue weighted by atomic mass is 35.5. The van der Waals surface area contributed by atoms with Crippen molar-refractivity contribution >= 4 is 17.3 Å². The van der Waals surface area contributed by atoms with Crippen LogP contribution in [-0.4, -0.2) is 24.4 Å². The molecule has 1 aromatic rings. The summed E-state index contributed by atoms with van der Waals surface area (Å²) < 4.78 is 39.3. The van der Waals surface area contributed by atoms with Gasteiger partial charge in [-0.3, -0.25) is 0 Å². The van der Waals surface area contributed by atoms with Gasteiger partial charge in [0.15, 0.2) is 5.60 Å². The van der Waals surface area contributed by atoms with Gasteiger partial charge in [0.05, 0.1) is 0 Å². The van der Waals surface area contributed by atoms with Crippen LogP contribution in [0.4, 0.5) is 18.9 Å². The molecule has 7 heteroatoms. The molecular formula is C12H14ClF3N2O. The van der Waals surface area contributed by atoms with Gasteiger partial charge in [-0.25, -0.2) is 0 Å². The molecule has 0 spiro atoms. The van der Waals surface area contributed by atoms with Crippen LogP contribution in [-0.2, 0) is 5.60 Å². The number of rotatable bonds is 5. The zero-order valence-corrected chi connectivity index (χ0v) is 10.7. The number of benzene rings is 1. The maximum Gasteiger partial charge on any atom is 0.422 e.